The maximum atomic E-state index is 5.82. The predicted molar refractivity (Wildman–Crippen MR) is 124 cm³/mol. The van der Waals surface area contributed by atoms with Gasteiger partial charge in [-0.15, -0.1) is 0 Å². The molecule has 3 nitrogen and oxygen atoms in total. The van der Waals surface area contributed by atoms with Crippen LogP contribution in [0.3, 0.4) is 0 Å². The van der Waals surface area contributed by atoms with Gasteiger partial charge in [-0.2, -0.15) is 0 Å². The third-order valence-electron chi connectivity index (χ3n) is 5.59. The average Bonchev–Trinajstić information content (AvgIpc) is 2.74. The summed E-state index contributed by atoms with van der Waals surface area (Å²) in [6, 6.07) is 8.35. The number of ether oxygens (including phenoxy) is 3. The molecule has 0 aromatic heterocycles. The van der Waals surface area contributed by atoms with E-state index in [0.717, 1.165) is 25.2 Å². The molecular formula is C26H46O3. The maximum Gasteiger partial charge on any atom is 0.197 e. The van der Waals surface area contributed by atoms with E-state index in [1.54, 1.807) is 0 Å². The largest absolute Gasteiger partial charge is 0.465 e. The molecular weight excluding hydrogens is 360 g/mol. The molecule has 0 heterocycles. The first-order chi connectivity index (χ1) is 14.2. The standard InChI is InChI=1S/C26H46O3/c1-5-7-8-9-10-11-12-13-14-15-20-27-21-22-28-24(4)29-26-18-16-25(17-19-26)23(3)6-2/h16-19,23-24H,5-15,20-22H2,1-4H3. The van der Waals surface area contributed by atoms with Gasteiger partial charge in [0.15, 0.2) is 6.29 Å². The highest BCUT2D eigenvalue weighted by Crippen LogP contribution is 2.22. The molecule has 0 radical (unpaired) electrons. The predicted octanol–water partition coefficient (Wildman–Crippen LogP) is 7.88. The van der Waals surface area contributed by atoms with Gasteiger partial charge in [-0.1, -0.05) is 90.7 Å². The smallest absolute Gasteiger partial charge is 0.197 e. The fraction of sp³-hybridized carbons (Fsp3) is 0.769. The Bertz CT molecular complexity index is 471. The zero-order valence-corrected chi connectivity index (χ0v) is 19.6. The minimum Gasteiger partial charge on any atom is -0.465 e. The molecule has 0 spiro atoms. The van der Waals surface area contributed by atoms with Gasteiger partial charge < -0.3 is 14.2 Å². The molecule has 2 atom stereocenters. The van der Waals surface area contributed by atoms with Crippen LogP contribution < -0.4 is 4.74 Å². The van der Waals surface area contributed by atoms with Gasteiger partial charge in [-0.05, 0) is 43.4 Å². The van der Waals surface area contributed by atoms with Crippen LogP contribution in [0, 0.1) is 0 Å². The summed E-state index contributed by atoms with van der Waals surface area (Å²) < 4.78 is 17.2. The zero-order valence-electron chi connectivity index (χ0n) is 19.6. The van der Waals surface area contributed by atoms with Crippen molar-refractivity contribution in [3.05, 3.63) is 29.8 Å². The molecule has 0 bridgehead atoms. The van der Waals surface area contributed by atoms with Crippen LogP contribution in [-0.4, -0.2) is 26.1 Å². The first kappa shape index (κ1) is 26.0. The molecule has 0 aliphatic heterocycles. The van der Waals surface area contributed by atoms with Crippen molar-refractivity contribution >= 4 is 0 Å². The molecule has 0 saturated heterocycles. The Labute approximate surface area is 180 Å². The average molecular weight is 407 g/mol. The third kappa shape index (κ3) is 13.7. The van der Waals surface area contributed by atoms with Gasteiger partial charge in [0.1, 0.15) is 5.75 Å². The molecule has 1 rings (SSSR count). The fourth-order valence-electron chi connectivity index (χ4n) is 3.40. The van der Waals surface area contributed by atoms with Crippen LogP contribution in [0.1, 0.15) is 110 Å². The molecule has 2 unspecified atom stereocenters. The summed E-state index contributed by atoms with van der Waals surface area (Å²) in [4.78, 5) is 0. The van der Waals surface area contributed by atoms with Crippen molar-refractivity contribution < 1.29 is 14.2 Å². The van der Waals surface area contributed by atoms with E-state index in [-0.39, 0.29) is 6.29 Å². The van der Waals surface area contributed by atoms with Crippen molar-refractivity contribution in [3.8, 4) is 5.75 Å². The van der Waals surface area contributed by atoms with E-state index in [1.807, 2.05) is 19.1 Å². The molecule has 1 aromatic rings. The van der Waals surface area contributed by atoms with E-state index in [9.17, 15) is 0 Å². The number of rotatable bonds is 19. The van der Waals surface area contributed by atoms with E-state index >= 15 is 0 Å². The number of hydrogen-bond donors (Lipinski definition) is 0. The lowest BCUT2D eigenvalue weighted by Gasteiger charge is -2.16. The normalized spacial score (nSPS) is 13.4. The van der Waals surface area contributed by atoms with Crippen molar-refractivity contribution in [2.45, 2.75) is 111 Å². The lowest BCUT2D eigenvalue weighted by atomic mass is 9.99. The van der Waals surface area contributed by atoms with Gasteiger partial charge in [0.2, 0.25) is 0 Å². The van der Waals surface area contributed by atoms with Crippen LogP contribution in [0.25, 0.3) is 0 Å². The van der Waals surface area contributed by atoms with Gasteiger partial charge in [0.25, 0.3) is 0 Å². The Morgan fingerprint density at radius 1 is 0.690 bits per heavy atom. The van der Waals surface area contributed by atoms with E-state index in [2.05, 4.69) is 32.9 Å². The van der Waals surface area contributed by atoms with Crippen LogP contribution in [0.5, 0.6) is 5.75 Å². The Hall–Kier alpha value is -1.06. The number of benzene rings is 1. The molecule has 29 heavy (non-hydrogen) atoms. The summed E-state index contributed by atoms with van der Waals surface area (Å²) in [6.45, 7) is 10.7. The Balaban J connectivity index is 1.92. The second-order valence-corrected chi connectivity index (χ2v) is 8.23. The molecule has 0 aliphatic carbocycles. The zero-order chi connectivity index (χ0) is 21.2. The first-order valence-electron chi connectivity index (χ1n) is 12.1. The van der Waals surface area contributed by atoms with E-state index in [0.29, 0.717) is 19.1 Å². The van der Waals surface area contributed by atoms with Crippen molar-refractivity contribution in [2.75, 3.05) is 19.8 Å². The van der Waals surface area contributed by atoms with Crippen molar-refractivity contribution in [3.63, 3.8) is 0 Å². The summed E-state index contributed by atoms with van der Waals surface area (Å²) in [5.41, 5.74) is 1.36. The first-order valence-corrected chi connectivity index (χ1v) is 12.1. The molecule has 0 fully saturated rings. The van der Waals surface area contributed by atoms with Crippen molar-refractivity contribution in [1.82, 2.24) is 0 Å². The third-order valence-corrected chi connectivity index (χ3v) is 5.59. The maximum absolute atomic E-state index is 5.82. The minimum absolute atomic E-state index is 0.259. The van der Waals surface area contributed by atoms with Gasteiger partial charge in [-0.3, -0.25) is 0 Å². The van der Waals surface area contributed by atoms with Crippen LogP contribution in [-0.2, 0) is 9.47 Å². The highest BCUT2D eigenvalue weighted by Gasteiger charge is 2.06. The van der Waals surface area contributed by atoms with Crippen LogP contribution in [0.15, 0.2) is 24.3 Å². The Kier molecular flexibility index (Phi) is 15.9. The lowest BCUT2D eigenvalue weighted by molar-refractivity contribution is -0.0835. The minimum atomic E-state index is -0.259. The van der Waals surface area contributed by atoms with Gasteiger partial charge in [0, 0.05) is 6.61 Å². The molecule has 168 valence electrons. The van der Waals surface area contributed by atoms with Gasteiger partial charge >= 0.3 is 0 Å². The molecule has 0 N–H and O–H groups in total. The Morgan fingerprint density at radius 2 is 1.28 bits per heavy atom. The number of hydrogen-bond acceptors (Lipinski definition) is 3. The summed E-state index contributed by atoms with van der Waals surface area (Å²) in [5.74, 6) is 1.45. The summed E-state index contributed by atoms with van der Waals surface area (Å²) in [5, 5.41) is 0. The van der Waals surface area contributed by atoms with E-state index < -0.39 is 0 Å². The molecule has 0 amide bonds. The van der Waals surface area contributed by atoms with E-state index in [1.165, 1.54) is 63.4 Å². The summed E-state index contributed by atoms with van der Waals surface area (Å²) in [6.07, 6.45) is 14.4. The van der Waals surface area contributed by atoms with Crippen molar-refractivity contribution in [1.29, 1.82) is 0 Å². The summed E-state index contributed by atoms with van der Waals surface area (Å²) >= 11 is 0. The fourth-order valence-corrected chi connectivity index (χ4v) is 3.40. The topological polar surface area (TPSA) is 27.7 Å². The molecule has 1 aromatic carbocycles. The SMILES string of the molecule is CCCCCCCCCCCCOCCOC(C)Oc1ccc(C(C)CC)cc1. The van der Waals surface area contributed by atoms with Crippen molar-refractivity contribution in [2.24, 2.45) is 0 Å². The lowest BCUT2D eigenvalue weighted by Crippen LogP contribution is -2.19. The quantitative estimate of drug-likeness (QED) is 0.173. The van der Waals surface area contributed by atoms with E-state index in [4.69, 9.17) is 14.2 Å². The van der Waals surface area contributed by atoms with Crippen LogP contribution in [0.2, 0.25) is 0 Å². The monoisotopic (exact) mass is 406 g/mol. The van der Waals surface area contributed by atoms with Crippen LogP contribution in [0.4, 0.5) is 0 Å². The molecule has 0 saturated carbocycles. The number of unbranched alkanes of at least 4 members (excludes halogenated alkanes) is 9. The van der Waals surface area contributed by atoms with Crippen LogP contribution >= 0.6 is 0 Å². The highest BCUT2D eigenvalue weighted by atomic mass is 16.7. The van der Waals surface area contributed by atoms with Gasteiger partial charge in [0.05, 0.1) is 13.2 Å². The molecule has 3 heteroatoms. The second kappa shape index (κ2) is 17.8. The second-order valence-electron chi connectivity index (χ2n) is 8.23. The van der Waals surface area contributed by atoms with Gasteiger partial charge in [-0.25, -0.2) is 0 Å². The Morgan fingerprint density at radius 3 is 1.86 bits per heavy atom. The highest BCUT2D eigenvalue weighted by molar-refractivity contribution is 5.29. The summed E-state index contributed by atoms with van der Waals surface area (Å²) in [7, 11) is 0. The molecule has 0 aliphatic rings.